The molecule has 5 heteroatoms. The van der Waals surface area contributed by atoms with Crippen LogP contribution in [0.3, 0.4) is 0 Å². The number of carbonyl (C=O) groups is 1. The number of hydrogen-bond acceptors (Lipinski definition) is 3. The first kappa shape index (κ1) is 13.7. The zero-order chi connectivity index (χ0) is 13.8. The van der Waals surface area contributed by atoms with Crippen LogP contribution in [0, 0.1) is 5.92 Å². The first-order valence-corrected chi connectivity index (χ1v) is 6.67. The van der Waals surface area contributed by atoms with Crippen molar-refractivity contribution in [2.75, 3.05) is 0 Å². The fourth-order valence-corrected chi connectivity index (χ4v) is 2.17. The van der Waals surface area contributed by atoms with Crippen LogP contribution >= 0.6 is 15.9 Å². The van der Waals surface area contributed by atoms with Gasteiger partial charge in [-0.25, -0.2) is 9.97 Å². The summed E-state index contributed by atoms with van der Waals surface area (Å²) in [5.41, 5.74) is 1.75. The third-order valence-electron chi connectivity index (χ3n) is 2.77. The molecule has 0 aliphatic rings. The normalized spacial score (nSPS) is 12.1. The Morgan fingerprint density at radius 3 is 2.79 bits per heavy atom. The average Bonchev–Trinajstić information content (AvgIpc) is 2.39. The smallest absolute Gasteiger partial charge is 0.306 e. The molecule has 1 unspecified atom stereocenters. The molecule has 2 rings (SSSR count). The van der Waals surface area contributed by atoms with Crippen LogP contribution in [0.1, 0.15) is 12.7 Å². The van der Waals surface area contributed by atoms with E-state index in [4.69, 9.17) is 5.11 Å². The Morgan fingerprint density at radius 2 is 2.11 bits per heavy atom. The van der Waals surface area contributed by atoms with Crippen LogP contribution < -0.4 is 0 Å². The van der Waals surface area contributed by atoms with Crippen LogP contribution in [-0.2, 0) is 11.2 Å². The minimum Gasteiger partial charge on any atom is -0.481 e. The van der Waals surface area contributed by atoms with Gasteiger partial charge < -0.3 is 5.11 Å². The average molecular weight is 321 g/mol. The van der Waals surface area contributed by atoms with Gasteiger partial charge in [0.1, 0.15) is 5.82 Å². The standard InChI is InChI=1S/C14H13BrN2O2/c1-9(14(18)19)8-13-16-7-6-12(17-13)10-4-2-3-5-11(10)15/h2-7,9H,8H2,1H3,(H,18,19). The summed E-state index contributed by atoms with van der Waals surface area (Å²) in [5.74, 6) is -0.785. The van der Waals surface area contributed by atoms with E-state index in [1.54, 1.807) is 13.1 Å². The summed E-state index contributed by atoms with van der Waals surface area (Å²) in [5, 5.41) is 8.91. The highest BCUT2D eigenvalue weighted by Gasteiger charge is 2.14. The molecule has 4 nitrogen and oxygen atoms in total. The first-order chi connectivity index (χ1) is 9.08. The van der Waals surface area contributed by atoms with Gasteiger partial charge in [-0.05, 0) is 12.1 Å². The lowest BCUT2D eigenvalue weighted by molar-refractivity contribution is -0.141. The van der Waals surface area contributed by atoms with Crippen LogP contribution in [-0.4, -0.2) is 21.0 Å². The van der Waals surface area contributed by atoms with Gasteiger partial charge in [-0.1, -0.05) is 41.1 Å². The molecule has 1 heterocycles. The van der Waals surface area contributed by atoms with Gasteiger partial charge in [-0.3, -0.25) is 4.79 Å². The van der Waals surface area contributed by atoms with Gasteiger partial charge in [0.25, 0.3) is 0 Å². The summed E-state index contributed by atoms with van der Waals surface area (Å²) in [7, 11) is 0. The number of aromatic nitrogens is 2. The van der Waals surface area contributed by atoms with Crippen molar-refractivity contribution in [2.24, 2.45) is 5.92 Å². The highest BCUT2D eigenvalue weighted by molar-refractivity contribution is 9.10. The number of carboxylic acids is 1. The molecule has 98 valence electrons. The summed E-state index contributed by atoms with van der Waals surface area (Å²) in [4.78, 5) is 19.4. The Labute approximate surface area is 119 Å². The second-order valence-corrected chi connectivity index (χ2v) is 5.14. The van der Waals surface area contributed by atoms with Crippen molar-refractivity contribution in [1.29, 1.82) is 0 Å². The van der Waals surface area contributed by atoms with E-state index in [0.717, 1.165) is 15.7 Å². The minimum atomic E-state index is -0.838. The van der Waals surface area contributed by atoms with Gasteiger partial charge in [0.05, 0.1) is 11.6 Å². The van der Waals surface area contributed by atoms with Gasteiger partial charge in [0.2, 0.25) is 0 Å². The Balaban J connectivity index is 2.30. The Kier molecular flexibility index (Phi) is 4.27. The van der Waals surface area contributed by atoms with Gasteiger partial charge in [0, 0.05) is 22.7 Å². The van der Waals surface area contributed by atoms with Gasteiger partial charge >= 0.3 is 5.97 Å². The Morgan fingerprint density at radius 1 is 1.37 bits per heavy atom. The molecule has 1 aromatic carbocycles. The summed E-state index contributed by atoms with van der Waals surface area (Å²) in [6.45, 7) is 1.65. The van der Waals surface area contributed by atoms with Gasteiger partial charge in [-0.15, -0.1) is 0 Å². The van der Waals surface area contributed by atoms with Gasteiger partial charge in [-0.2, -0.15) is 0 Å². The summed E-state index contributed by atoms with van der Waals surface area (Å²) >= 11 is 3.48. The maximum Gasteiger partial charge on any atom is 0.306 e. The van der Waals surface area contributed by atoms with Crippen molar-refractivity contribution in [2.45, 2.75) is 13.3 Å². The number of rotatable bonds is 4. The number of carboxylic acid groups (broad SMARTS) is 1. The summed E-state index contributed by atoms with van der Waals surface area (Å²) in [6, 6.07) is 9.58. The van der Waals surface area contributed by atoms with Crippen LogP contribution in [0.5, 0.6) is 0 Å². The van der Waals surface area contributed by atoms with Crippen molar-refractivity contribution in [3.63, 3.8) is 0 Å². The number of benzene rings is 1. The van der Waals surface area contributed by atoms with Gasteiger partial charge in [0.15, 0.2) is 0 Å². The topological polar surface area (TPSA) is 63.1 Å². The molecule has 1 N–H and O–H groups in total. The summed E-state index contributed by atoms with van der Waals surface area (Å²) in [6.07, 6.45) is 1.99. The largest absolute Gasteiger partial charge is 0.481 e. The van der Waals surface area contributed by atoms with Crippen LogP contribution in [0.15, 0.2) is 41.0 Å². The monoisotopic (exact) mass is 320 g/mol. The molecule has 0 aliphatic heterocycles. The molecule has 2 aromatic rings. The Hall–Kier alpha value is -1.75. The van der Waals surface area contributed by atoms with E-state index in [9.17, 15) is 4.79 Å². The molecule has 19 heavy (non-hydrogen) atoms. The SMILES string of the molecule is CC(Cc1nccc(-c2ccccc2Br)n1)C(=O)O. The van der Waals surface area contributed by atoms with E-state index in [-0.39, 0.29) is 0 Å². The number of hydrogen-bond donors (Lipinski definition) is 1. The second kappa shape index (κ2) is 5.93. The molecule has 0 radical (unpaired) electrons. The molecule has 0 aliphatic carbocycles. The summed E-state index contributed by atoms with van der Waals surface area (Å²) < 4.78 is 0.950. The van der Waals surface area contributed by atoms with E-state index in [1.165, 1.54) is 0 Å². The molecule has 0 fully saturated rings. The molecule has 0 amide bonds. The molecule has 0 saturated heterocycles. The second-order valence-electron chi connectivity index (χ2n) is 4.28. The zero-order valence-electron chi connectivity index (χ0n) is 10.4. The van der Waals surface area contributed by atoms with Crippen LogP contribution in [0.25, 0.3) is 11.3 Å². The predicted molar refractivity (Wildman–Crippen MR) is 75.7 cm³/mol. The van der Waals surface area contributed by atoms with Crippen molar-refractivity contribution in [3.05, 3.63) is 46.8 Å². The Bertz CT molecular complexity index is 602. The van der Waals surface area contributed by atoms with Crippen LogP contribution in [0.4, 0.5) is 0 Å². The molecular weight excluding hydrogens is 308 g/mol. The quantitative estimate of drug-likeness (QED) is 0.939. The van der Waals surface area contributed by atoms with E-state index in [1.807, 2.05) is 30.3 Å². The molecule has 0 bridgehead atoms. The van der Waals surface area contributed by atoms with E-state index < -0.39 is 11.9 Å². The molecule has 0 saturated carbocycles. The van der Waals surface area contributed by atoms with Crippen molar-refractivity contribution in [1.82, 2.24) is 9.97 Å². The molecule has 0 spiro atoms. The maximum absolute atomic E-state index is 10.8. The lowest BCUT2D eigenvalue weighted by Gasteiger charge is -2.07. The molecule has 1 aromatic heterocycles. The predicted octanol–water partition coefficient (Wildman–Crippen LogP) is 3.17. The molecular formula is C14H13BrN2O2. The highest BCUT2D eigenvalue weighted by atomic mass is 79.9. The number of halogens is 1. The van der Waals surface area contributed by atoms with E-state index in [2.05, 4.69) is 25.9 Å². The fraction of sp³-hybridized carbons (Fsp3) is 0.214. The van der Waals surface area contributed by atoms with E-state index in [0.29, 0.717) is 12.2 Å². The maximum atomic E-state index is 10.8. The third-order valence-corrected chi connectivity index (χ3v) is 3.46. The highest BCUT2D eigenvalue weighted by Crippen LogP contribution is 2.26. The van der Waals surface area contributed by atoms with E-state index >= 15 is 0 Å². The number of nitrogens with zero attached hydrogens (tertiary/aromatic N) is 2. The minimum absolute atomic E-state index is 0.327. The third kappa shape index (κ3) is 3.38. The van der Waals surface area contributed by atoms with Crippen molar-refractivity contribution < 1.29 is 9.90 Å². The van der Waals surface area contributed by atoms with Crippen LogP contribution in [0.2, 0.25) is 0 Å². The number of aliphatic carboxylic acids is 1. The first-order valence-electron chi connectivity index (χ1n) is 5.87. The zero-order valence-corrected chi connectivity index (χ0v) is 12.0. The lowest BCUT2D eigenvalue weighted by Crippen LogP contribution is -2.14. The van der Waals surface area contributed by atoms with Crippen molar-refractivity contribution in [3.8, 4) is 11.3 Å². The van der Waals surface area contributed by atoms with Crippen molar-refractivity contribution >= 4 is 21.9 Å². The molecule has 1 atom stereocenters. The fourth-order valence-electron chi connectivity index (χ4n) is 1.68. The lowest BCUT2D eigenvalue weighted by atomic mass is 10.1.